The molecule has 0 radical (unpaired) electrons. The molecule has 0 saturated heterocycles. The van der Waals surface area contributed by atoms with Gasteiger partial charge in [0.1, 0.15) is 10.7 Å². The number of rotatable bonds is 4. The third kappa shape index (κ3) is 3.75. The van der Waals surface area contributed by atoms with Gasteiger partial charge in [0.15, 0.2) is 11.6 Å². The van der Waals surface area contributed by atoms with Crippen LogP contribution in [0.1, 0.15) is 16.2 Å². The first kappa shape index (κ1) is 20.0. The van der Waals surface area contributed by atoms with Gasteiger partial charge in [0.25, 0.3) is 5.91 Å². The Kier molecular flexibility index (Phi) is 5.04. The van der Waals surface area contributed by atoms with Crippen LogP contribution in [0.2, 0.25) is 0 Å². The van der Waals surface area contributed by atoms with Gasteiger partial charge in [-0.15, -0.1) is 32.9 Å². The summed E-state index contributed by atoms with van der Waals surface area (Å²) in [4.78, 5) is 24.9. The van der Waals surface area contributed by atoms with Crippen molar-refractivity contribution in [3.63, 3.8) is 0 Å². The summed E-state index contributed by atoms with van der Waals surface area (Å²) in [6, 6.07) is 15.8. The van der Waals surface area contributed by atoms with E-state index in [1.807, 2.05) is 52.7 Å². The van der Waals surface area contributed by atoms with Crippen molar-refractivity contribution >= 4 is 28.6 Å². The molecule has 1 aliphatic heterocycles. The molecule has 33 heavy (non-hydrogen) atoms. The molecule has 162 valence electrons. The number of hydrogen-bond acceptors (Lipinski definition) is 7. The summed E-state index contributed by atoms with van der Waals surface area (Å²) in [5.74, 6) is 1.53. The SMILES string of the molecule is O=C(c1ccc(-c2cccs2)cc1)N1CCn2c(nnc2-c2csc(-c3ccncc3)n2)C1. The fourth-order valence-electron chi connectivity index (χ4n) is 3.93. The number of amides is 1. The van der Waals surface area contributed by atoms with Crippen LogP contribution in [0, 0.1) is 0 Å². The number of thiazole rings is 1. The Hall–Kier alpha value is -3.69. The number of nitrogens with zero attached hydrogens (tertiary/aromatic N) is 6. The Labute approximate surface area is 198 Å². The molecule has 1 aliphatic rings. The van der Waals surface area contributed by atoms with Crippen molar-refractivity contribution in [2.75, 3.05) is 6.54 Å². The number of hydrogen-bond donors (Lipinski definition) is 0. The van der Waals surface area contributed by atoms with Crippen molar-refractivity contribution in [1.29, 1.82) is 0 Å². The maximum Gasteiger partial charge on any atom is 0.254 e. The van der Waals surface area contributed by atoms with E-state index in [0.717, 1.165) is 33.5 Å². The number of aromatic nitrogens is 5. The van der Waals surface area contributed by atoms with Crippen LogP contribution in [0.3, 0.4) is 0 Å². The molecule has 0 unspecified atom stereocenters. The maximum absolute atomic E-state index is 13.1. The molecule has 9 heteroatoms. The fourth-order valence-corrected chi connectivity index (χ4v) is 5.46. The highest BCUT2D eigenvalue weighted by molar-refractivity contribution is 7.13. The van der Waals surface area contributed by atoms with E-state index in [1.165, 1.54) is 4.88 Å². The van der Waals surface area contributed by atoms with Crippen LogP contribution in [0.25, 0.3) is 32.5 Å². The van der Waals surface area contributed by atoms with Gasteiger partial charge in [-0.1, -0.05) is 18.2 Å². The summed E-state index contributed by atoms with van der Waals surface area (Å²) in [5, 5.41) is 13.7. The van der Waals surface area contributed by atoms with Crippen molar-refractivity contribution < 1.29 is 4.79 Å². The molecular formula is C24H18N6OS2. The van der Waals surface area contributed by atoms with E-state index in [1.54, 1.807) is 35.1 Å². The Morgan fingerprint density at radius 3 is 2.55 bits per heavy atom. The number of fused-ring (bicyclic) bond motifs is 1. The monoisotopic (exact) mass is 470 g/mol. The average Bonchev–Trinajstić information content (AvgIpc) is 3.64. The second-order valence-electron chi connectivity index (χ2n) is 7.65. The number of carbonyl (C=O) groups is 1. The van der Waals surface area contributed by atoms with E-state index in [2.05, 4.69) is 31.2 Å². The number of pyridine rings is 1. The topological polar surface area (TPSA) is 76.8 Å². The lowest BCUT2D eigenvalue weighted by atomic mass is 10.1. The molecule has 0 spiro atoms. The Balaban J connectivity index is 1.20. The minimum Gasteiger partial charge on any atom is -0.329 e. The van der Waals surface area contributed by atoms with Gasteiger partial charge in [-0.3, -0.25) is 9.78 Å². The third-order valence-corrected chi connectivity index (χ3v) is 7.45. The van der Waals surface area contributed by atoms with Crippen LogP contribution in [0.4, 0.5) is 0 Å². The van der Waals surface area contributed by atoms with E-state index >= 15 is 0 Å². The predicted octanol–water partition coefficient (Wildman–Crippen LogP) is 4.85. The molecule has 5 aromatic rings. The molecule has 7 nitrogen and oxygen atoms in total. The van der Waals surface area contributed by atoms with Crippen LogP contribution in [-0.4, -0.2) is 42.1 Å². The molecule has 0 bridgehead atoms. The summed E-state index contributed by atoms with van der Waals surface area (Å²) >= 11 is 3.26. The minimum atomic E-state index is 0.0113. The number of carbonyl (C=O) groups excluding carboxylic acids is 1. The quantitative estimate of drug-likeness (QED) is 0.375. The van der Waals surface area contributed by atoms with Gasteiger partial charge in [-0.05, 0) is 41.3 Å². The summed E-state index contributed by atoms with van der Waals surface area (Å²) in [7, 11) is 0. The molecular weight excluding hydrogens is 452 g/mol. The zero-order valence-electron chi connectivity index (χ0n) is 17.5. The van der Waals surface area contributed by atoms with Gasteiger partial charge in [0.05, 0.1) is 6.54 Å². The first-order chi connectivity index (χ1) is 16.3. The molecule has 4 aromatic heterocycles. The fraction of sp³-hybridized carbons (Fsp3) is 0.125. The molecule has 1 aromatic carbocycles. The lowest BCUT2D eigenvalue weighted by molar-refractivity contribution is 0.0708. The van der Waals surface area contributed by atoms with Crippen LogP contribution >= 0.6 is 22.7 Å². The Morgan fingerprint density at radius 2 is 1.76 bits per heavy atom. The van der Waals surface area contributed by atoms with Gasteiger partial charge in [0.2, 0.25) is 0 Å². The van der Waals surface area contributed by atoms with Crippen molar-refractivity contribution in [2.45, 2.75) is 13.1 Å². The third-order valence-electron chi connectivity index (χ3n) is 5.64. The zero-order chi connectivity index (χ0) is 22.2. The first-order valence-corrected chi connectivity index (χ1v) is 12.2. The van der Waals surface area contributed by atoms with E-state index < -0.39 is 0 Å². The highest BCUT2D eigenvalue weighted by atomic mass is 32.1. The molecule has 0 aliphatic carbocycles. The number of benzene rings is 1. The van der Waals surface area contributed by atoms with Crippen LogP contribution in [0.5, 0.6) is 0 Å². The summed E-state index contributed by atoms with van der Waals surface area (Å²) in [5.41, 5.74) is 3.64. The second-order valence-corrected chi connectivity index (χ2v) is 9.45. The highest BCUT2D eigenvalue weighted by Crippen LogP contribution is 2.29. The molecule has 5 heterocycles. The largest absolute Gasteiger partial charge is 0.329 e. The lowest BCUT2D eigenvalue weighted by Crippen LogP contribution is -2.38. The first-order valence-electron chi connectivity index (χ1n) is 10.5. The molecule has 0 saturated carbocycles. The van der Waals surface area contributed by atoms with Crippen molar-refractivity contribution in [3.05, 3.63) is 83.1 Å². The highest BCUT2D eigenvalue weighted by Gasteiger charge is 2.26. The maximum atomic E-state index is 13.1. The molecule has 0 fully saturated rings. The Bertz CT molecular complexity index is 1410. The van der Waals surface area contributed by atoms with Gasteiger partial charge in [-0.2, -0.15) is 0 Å². The van der Waals surface area contributed by atoms with Crippen molar-refractivity contribution in [1.82, 2.24) is 29.6 Å². The van der Waals surface area contributed by atoms with E-state index in [0.29, 0.717) is 25.2 Å². The summed E-state index contributed by atoms with van der Waals surface area (Å²) in [6.07, 6.45) is 3.52. The predicted molar refractivity (Wildman–Crippen MR) is 129 cm³/mol. The van der Waals surface area contributed by atoms with Gasteiger partial charge in [0, 0.05) is 46.9 Å². The van der Waals surface area contributed by atoms with Crippen molar-refractivity contribution in [3.8, 4) is 32.5 Å². The normalized spacial score (nSPS) is 13.2. The van der Waals surface area contributed by atoms with Gasteiger partial charge >= 0.3 is 0 Å². The second kappa shape index (κ2) is 8.34. The van der Waals surface area contributed by atoms with Gasteiger partial charge in [-0.25, -0.2) is 4.98 Å². The van der Waals surface area contributed by atoms with Crippen LogP contribution in [0.15, 0.2) is 71.7 Å². The standard InChI is InChI=1S/C24H18N6OS2/c31-24(18-5-3-16(4-6-18)20-2-1-13-32-20)29-11-12-30-21(14-29)27-28-22(30)19-15-33-23(26-19)17-7-9-25-10-8-17/h1-10,13,15H,11-12,14H2. The van der Waals surface area contributed by atoms with Gasteiger partial charge < -0.3 is 9.47 Å². The lowest BCUT2D eigenvalue weighted by Gasteiger charge is -2.27. The zero-order valence-corrected chi connectivity index (χ0v) is 19.1. The molecule has 1 amide bonds. The summed E-state index contributed by atoms with van der Waals surface area (Å²) in [6.45, 7) is 1.67. The number of thiophene rings is 1. The smallest absolute Gasteiger partial charge is 0.254 e. The van der Waals surface area contributed by atoms with E-state index in [-0.39, 0.29) is 5.91 Å². The average molecular weight is 471 g/mol. The van der Waals surface area contributed by atoms with Crippen molar-refractivity contribution in [2.24, 2.45) is 0 Å². The summed E-state index contributed by atoms with van der Waals surface area (Å²) < 4.78 is 2.06. The molecule has 6 rings (SSSR count). The van der Waals surface area contributed by atoms with E-state index in [9.17, 15) is 4.79 Å². The van der Waals surface area contributed by atoms with E-state index in [4.69, 9.17) is 4.98 Å². The minimum absolute atomic E-state index is 0.0113. The molecule has 0 atom stereocenters. The molecule has 0 N–H and O–H groups in total. The van der Waals surface area contributed by atoms with Crippen LogP contribution < -0.4 is 0 Å². The van der Waals surface area contributed by atoms with Crippen LogP contribution in [-0.2, 0) is 13.1 Å². The Morgan fingerprint density at radius 1 is 0.909 bits per heavy atom.